The summed E-state index contributed by atoms with van der Waals surface area (Å²) in [5, 5.41) is 15.0. The zero-order valence-electron chi connectivity index (χ0n) is 13.7. The molecule has 0 spiro atoms. The van der Waals surface area contributed by atoms with Gasteiger partial charge in [-0.15, -0.1) is 0 Å². The lowest BCUT2D eigenvalue weighted by atomic mass is 10.1. The smallest absolute Gasteiger partial charge is 0.133 e. The van der Waals surface area contributed by atoms with Gasteiger partial charge in [-0.3, -0.25) is 5.41 Å². The zero-order chi connectivity index (χ0) is 18.4. The molecule has 0 bridgehead atoms. The molecule has 5 nitrogen and oxygen atoms in total. The molecule has 0 heterocycles. The minimum atomic E-state index is 0.0236. The van der Waals surface area contributed by atoms with Crippen LogP contribution in [0.15, 0.2) is 45.3 Å². The lowest BCUT2D eigenvalue weighted by Crippen LogP contribution is -2.11. The van der Waals surface area contributed by atoms with Crippen LogP contribution in [-0.4, -0.2) is 24.8 Å². The Morgan fingerprint density at radius 3 is 1.84 bits per heavy atom. The summed E-state index contributed by atoms with van der Waals surface area (Å²) in [5.74, 6) is 1.48. The summed E-state index contributed by atoms with van der Waals surface area (Å²) in [6.45, 7) is 2.78. The van der Waals surface area contributed by atoms with Crippen LogP contribution >= 0.6 is 31.9 Å². The standard InChI is InChI=1S/C18H19Br2N3O2/c1-11(21)12-3-5-16(14(19)9-12)24-7-2-8-25-17-6-4-13(18(22)23)10-15(17)20/h3-6,9-10,21H,2,7-8H2,1H3,(H3,22,23). The van der Waals surface area contributed by atoms with Crippen molar-refractivity contribution in [2.75, 3.05) is 13.2 Å². The number of amidine groups is 1. The van der Waals surface area contributed by atoms with E-state index in [9.17, 15) is 0 Å². The summed E-state index contributed by atoms with van der Waals surface area (Å²) in [4.78, 5) is 0. The van der Waals surface area contributed by atoms with Crippen molar-refractivity contribution in [2.24, 2.45) is 5.73 Å². The Kier molecular flexibility index (Phi) is 7.01. The van der Waals surface area contributed by atoms with Gasteiger partial charge in [0.25, 0.3) is 0 Å². The van der Waals surface area contributed by atoms with E-state index in [4.69, 9.17) is 26.0 Å². The van der Waals surface area contributed by atoms with Crippen molar-refractivity contribution in [3.05, 3.63) is 56.5 Å². The Morgan fingerprint density at radius 1 is 0.920 bits per heavy atom. The van der Waals surface area contributed by atoms with Gasteiger partial charge >= 0.3 is 0 Å². The summed E-state index contributed by atoms with van der Waals surface area (Å²) in [7, 11) is 0. The molecule has 132 valence electrons. The van der Waals surface area contributed by atoms with E-state index < -0.39 is 0 Å². The lowest BCUT2D eigenvalue weighted by molar-refractivity contribution is 0.246. The highest BCUT2D eigenvalue weighted by atomic mass is 79.9. The van der Waals surface area contributed by atoms with Crippen LogP contribution in [0, 0.1) is 10.8 Å². The monoisotopic (exact) mass is 467 g/mol. The molecule has 4 N–H and O–H groups in total. The van der Waals surface area contributed by atoms with Crippen LogP contribution in [0.1, 0.15) is 24.5 Å². The van der Waals surface area contributed by atoms with Crippen molar-refractivity contribution in [3.8, 4) is 11.5 Å². The third kappa shape index (κ3) is 5.57. The quantitative estimate of drug-likeness (QED) is 0.297. The predicted octanol–water partition coefficient (Wildman–Crippen LogP) is 4.73. The maximum atomic E-state index is 7.63. The Hall–Kier alpha value is -1.86. The third-order valence-electron chi connectivity index (χ3n) is 3.41. The fraction of sp³-hybridized carbons (Fsp3) is 0.222. The molecule has 7 heteroatoms. The van der Waals surface area contributed by atoms with Gasteiger partial charge in [0, 0.05) is 17.7 Å². The van der Waals surface area contributed by atoms with Crippen LogP contribution in [0.25, 0.3) is 0 Å². The molecular formula is C18H19Br2N3O2. The number of halogens is 2. The SMILES string of the molecule is CC(=N)c1ccc(OCCCOc2ccc(C(=N)N)cc2Br)c(Br)c1. The number of benzene rings is 2. The van der Waals surface area contributed by atoms with E-state index >= 15 is 0 Å². The number of nitrogens with two attached hydrogens (primary N) is 1. The largest absolute Gasteiger partial charge is 0.492 e. The summed E-state index contributed by atoms with van der Waals surface area (Å²) >= 11 is 6.88. The molecule has 0 amide bonds. The Balaban J connectivity index is 1.80. The molecule has 0 aliphatic heterocycles. The van der Waals surface area contributed by atoms with Crippen molar-refractivity contribution in [1.82, 2.24) is 0 Å². The van der Waals surface area contributed by atoms with E-state index in [1.165, 1.54) is 0 Å². The van der Waals surface area contributed by atoms with Gasteiger partial charge in [0.1, 0.15) is 17.3 Å². The van der Waals surface area contributed by atoms with Gasteiger partial charge in [0.05, 0.1) is 22.2 Å². The molecule has 0 fully saturated rings. The first-order chi connectivity index (χ1) is 11.9. The number of hydrogen-bond donors (Lipinski definition) is 3. The zero-order valence-corrected chi connectivity index (χ0v) is 16.9. The Morgan fingerprint density at radius 2 is 1.40 bits per heavy atom. The second-order valence-corrected chi connectivity index (χ2v) is 7.09. The van der Waals surface area contributed by atoms with Crippen molar-refractivity contribution in [2.45, 2.75) is 13.3 Å². The first kappa shape index (κ1) is 19.5. The summed E-state index contributed by atoms with van der Waals surface area (Å²) in [5.41, 5.74) is 7.48. The van der Waals surface area contributed by atoms with E-state index in [-0.39, 0.29) is 5.84 Å². The minimum Gasteiger partial charge on any atom is -0.492 e. The molecule has 25 heavy (non-hydrogen) atoms. The molecule has 0 atom stereocenters. The van der Waals surface area contributed by atoms with Crippen LogP contribution < -0.4 is 15.2 Å². The van der Waals surface area contributed by atoms with Crippen molar-refractivity contribution in [3.63, 3.8) is 0 Å². The number of hydrogen-bond acceptors (Lipinski definition) is 4. The van der Waals surface area contributed by atoms with Gasteiger partial charge in [0.15, 0.2) is 0 Å². The van der Waals surface area contributed by atoms with Gasteiger partial charge in [-0.25, -0.2) is 0 Å². The summed E-state index contributed by atoms with van der Waals surface area (Å²) in [6.07, 6.45) is 0.721. The topological polar surface area (TPSA) is 92.2 Å². The molecule has 0 aromatic heterocycles. The van der Waals surface area contributed by atoms with Crippen LogP contribution in [0.5, 0.6) is 11.5 Å². The Labute approximate surface area is 163 Å². The second kappa shape index (κ2) is 9.01. The van der Waals surface area contributed by atoms with Crippen molar-refractivity contribution >= 4 is 43.4 Å². The first-order valence-electron chi connectivity index (χ1n) is 7.63. The number of nitrogen functional groups attached to an aromatic ring is 1. The molecule has 0 saturated carbocycles. The average Bonchev–Trinajstić information content (AvgIpc) is 2.56. The molecule has 0 aliphatic carbocycles. The predicted molar refractivity (Wildman–Crippen MR) is 107 cm³/mol. The molecule has 2 aromatic carbocycles. The van der Waals surface area contributed by atoms with E-state index in [2.05, 4.69) is 31.9 Å². The van der Waals surface area contributed by atoms with Crippen LogP contribution in [0.4, 0.5) is 0 Å². The first-order valence-corrected chi connectivity index (χ1v) is 9.21. The highest BCUT2D eigenvalue weighted by Gasteiger charge is 2.06. The molecule has 0 saturated heterocycles. The fourth-order valence-electron chi connectivity index (χ4n) is 2.06. The van der Waals surface area contributed by atoms with Crippen LogP contribution in [-0.2, 0) is 0 Å². The van der Waals surface area contributed by atoms with Gasteiger partial charge in [-0.2, -0.15) is 0 Å². The summed E-state index contributed by atoms with van der Waals surface area (Å²) < 4.78 is 13.0. The normalized spacial score (nSPS) is 10.4. The second-order valence-electron chi connectivity index (χ2n) is 5.38. The number of ether oxygens (including phenoxy) is 2. The Bertz CT molecular complexity index is 728. The molecule has 2 aromatic rings. The highest BCUT2D eigenvalue weighted by molar-refractivity contribution is 9.10. The van der Waals surface area contributed by atoms with E-state index in [1.54, 1.807) is 25.1 Å². The van der Waals surface area contributed by atoms with Gasteiger partial charge in [-0.1, -0.05) is 0 Å². The average molecular weight is 469 g/mol. The van der Waals surface area contributed by atoms with Crippen molar-refractivity contribution < 1.29 is 9.47 Å². The molecule has 2 rings (SSSR count). The molecule has 0 unspecified atom stereocenters. The maximum Gasteiger partial charge on any atom is 0.133 e. The van der Waals surface area contributed by atoms with Crippen LogP contribution in [0.2, 0.25) is 0 Å². The lowest BCUT2D eigenvalue weighted by Gasteiger charge is -2.11. The highest BCUT2D eigenvalue weighted by Crippen LogP contribution is 2.27. The molecule has 0 aliphatic rings. The molecule has 0 radical (unpaired) electrons. The summed E-state index contributed by atoms with van der Waals surface area (Å²) in [6, 6.07) is 10.9. The van der Waals surface area contributed by atoms with E-state index in [0.717, 1.165) is 26.7 Å². The number of nitrogens with one attached hydrogen (secondary N) is 2. The van der Waals surface area contributed by atoms with Gasteiger partial charge in [0.2, 0.25) is 0 Å². The van der Waals surface area contributed by atoms with E-state index in [1.807, 2.05) is 18.2 Å². The fourth-order valence-corrected chi connectivity index (χ4v) is 3.05. The molecular weight excluding hydrogens is 450 g/mol. The minimum absolute atomic E-state index is 0.0236. The van der Waals surface area contributed by atoms with Crippen molar-refractivity contribution in [1.29, 1.82) is 10.8 Å². The van der Waals surface area contributed by atoms with E-state index in [0.29, 0.717) is 30.2 Å². The van der Waals surface area contributed by atoms with Gasteiger partial charge < -0.3 is 20.6 Å². The third-order valence-corrected chi connectivity index (χ3v) is 4.65. The maximum absolute atomic E-state index is 7.63. The van der Waals surface area contributed by atoms with Crippen LogP contribution in [0.3, 0.4) is 0 Å². The number of rotatable bonds is 8. The van der Waals surface area contributed by atoms with Gasteiger partial charge in [-0.05, 0) is 80.7 Å².